The first-order chi connectivity index (χ1) is 13.0. The minimum atomic E-state index is -0.482. The Morgan fingerprint density at radius 1 is 1.00 bits per heavy atom. The predicted molar refractivity (Wildman–Crippen MR) is 110 cm³/mol. The van der Waals surface area contributed by atoms with Crippen molar-refractivity contribution in [1.82, 2.24) is 10.2 Å². The Balaban J connectivity index is 2.17. The fourth-order valence-corrected chi connectivity index (χ4v) is 3.16. The fourth-order valence-electron chi connectivity index (χ4n) is 3.04. The van der Waals surface area contributed by atoms with Crippen LogP contribution in [0.4, 0.5) is 0 Å². The zero-order valence-electron chi connectivity index (χ0n) is 16.0. The van der Waals surface area contributed by atoms with Gasteiger partial charge in [-0.15, -0.1) is 0 Å². The number of hydrogen-bond acceptors (Lipinski definition) is 2. The molecule has 2 amide bonds. The highest BCUT2D eigenvalue weighted by molar-refractivity contribution is 6.30. The topological polar surface area (TPSA) is 49.4 Å². The number of nitrogens with zero attached hydrogens (tertiary/aromatic N) is 1. The second-order valence-corrected chi connectivity index (χ2v) is 6.89. The quantitative estimate of drug-likeness (QED) is 0.701. The molecule has 0 aliphatic rings. The summed E-state index contributed by atoms with van der Waals surface area (Å²) >= 11 is 5.97. The van der Waals surface area contributed by atoms with Crippen LogP contribution in [0.5, 0.6) is 0 Å². The number of carbonyl (C=O) groups is 2. The van der Waals surface area contributed by atoms with E-state index in [0.29, 0.717) is 37.4 Å². The van der Waals surface area contributed by atoms with Gasteiger partial charge >= 0.3 is 0 Å². The molecule has 27 heavy (non-hydrogen) atoms. The van der Waals surface area contributed by atoms with Gasteiger partial charge in [0.1, 0.15) is 6.04 Å². The summed E-state index contributed by atoms with van der Waals surface area (Å²) in [6.45, 7) is 4.74. The first-order valence-corrected chi connectivity index (χ1v) is 9.78. The van der Waals surface area contributed by atoms with Crippen molar-refractivity contribution in [2.45, 2.75) is 45.7 Å². The van der Waals surface area contributed by atoms with E-state index in [0.717, 1.165) is 11.1 Å². The molecule has 1 atom stereocenters. The Labute approximate surface area is 166 Å². The van der Waals surface area contributed by atoms with Crippen molar-refractivity contribution < 1.29 is 9.59 Å². The molecule has 0 radical (unpaired) electrons. The lowest BCUT2D eigenvalue weighted by Crippen LogP contribution is -2.49. The number of likely N-dealkylation sites (N-methyl/N-ethyl adjacent to an activating group) is 1. The summed E-state index contributed by atoms with van der Waals surface area (Å²) in [6.07, 6.45) is 1.59. The molecule has 0 aromatic heterocycles. The molecule has 0 saturated heterocycles. The molecule has 0 heterocycles. The number of nitrogens with one attached hydrogen (secondary N) is 1. The van der Waals surface area contributed by atoms with Gasteiger partial charge in [-0.1, -0.05) is 61.0 Å². The van der Waals surface area contributed by atoms with Gasteiger partial charge in [-0.25, -0.2) is 0 Å². The van der Waals surface area contributed by atoms with E-state index in [2.05, 4.69) is 5.32 Å². The Bertz CT molecular complexity index is 732. The van der Waals surface area contributed by atoms with Crippen LogP contribution in [0, 0.1) is 0 Å². The van der Waals surface area contributed by atoms with Gasteiger partial charge < -0.3 is 10.2 Å². The third kappa shape index (κ3) is 6.40. The molecular formula is C22H27ClN2O2. The molecule has 2 aromatic rings. The third-order valence-electron chi connectivity index (χ3n) is 4.47. The minimum absolute atomic E-state index is 0.0214. The first-order valence-electron chi connectivity index (χ1n) is 9.40. The minimum Gasteiger partial charge on any atom is -0.355 e. The van der Waals surface area contributed by atoms with Crippen LogP contribution in [0.25, 0.3) is 0 Å². The number of aryl methyl sites for hydroxylation is 1. The maximum Gasteiger partial charge on any atom is 0.242 e. The zero-order valence-corrected chi connectivity index (χ0v) is 16.7. The molecule has 5 heteroatoms. The molecule has 4 nitrogen and oxygen atoms in total. The number of rotatable bonds is 9. The molecule has 0 spiro atoms. The van der Waals surface area contributed by atoms with Crippen LogP contribution < -0.4 is 5.32 Å². The summed E-state index contributed by atoms with van der Waals surface area (Å²) in [5.74, 6) is -0.131. The third-order valence-corrected chi connectivity index (χ3v) is 4.73. The summed E-state index contributed by atoms with van der Waals surface area (Å²) in [6, 6.07) is 16.8. The van der Waals surface area contributed by atoms with E-state index in [1.807, 2.05) is 56.3 Å². The molecular weight excluding hydrogens is 360 g/mol. The van der Waals surface area contributed by atoms with Crippen molar-refractivity contribution >= 4 is 23.4 Å². The lowest BCUT2D eigenvalue weighted by Gasteiger charge is -2.30. The number of hydrogen-bond donors (Lipinski definition) is 1. The van der Waals surface area contributed by atoms with E-state index in [9.17, 15) is 9.59 Å². The maximum atomic E-state index is 13.0. The van der Waals surface area contributed by atoms with E-state index in [-0.39, 0.29) is 11.8 Å². The van der Waals surface area contributed by atoms with Crippen LogP contribution in [0.15, 0.2) is 54.6 Å². The lowest BCUT2D eigenvalue weighted by molar-refractivity contribution is -0.141. The van der Waals surface area contributed by atoms with Crippen LogP contribution in [0.3, 0.4) is 0 Å². The SMILES string of the molecule is CCNC(=O)[C@H](CC)N(Cc1ccc(Cl)cc1)C(=O)CCc1ccccc1. The normalized spacial score (nSPS) is 11.7. The van der Waals surface area contributed by atoms with Crippen LogP contribution >= 0.6 is 11.6 Å². The monoisotopic (exact) mass is 386 g/mol. The largest absolute Gasteiger partial charge is 0.355 e. The molecule has 1 N–H and O–H groups in total. The van der Waals surface area contributed by atoms with E-state index < -0.39 is 6.04 Å². The lowest BCUT2D eigenvalue weighted by atomic mass is 10.1. The average molecular weight is 387 g/mol. The molecule has 0 aliphatic heterocycles. The summed E-state index contributed by atoms with van der Waals surface area (Å²) in [4.78, 5) is 27.2. The van der Waals surface area contributed by atoms with Crippen LogP contribution in [-0.4, -0.2) is 29.3 Å². The van der Waals surface area contributed by atoms with Gasteiger partial charge in [0, 0.05) is 24.5 Å². The summed E-state index contributed by atoms with van der Waals surface area (Å²) < 4.78 is 0. The summed E-state index contributed by atoms with van der Waals surface area (Å²) in [5, 5.41) is 3.50. The molecule has 0 bridgehead atoms. The zero-order chi connectivity index (χ0) is 19.6. The smallest absolute Gasteiger partial charge is 0.242 e. The highest BCUT2D eigenvalue weighted by Crippen LogP contribution is 2.17. The maximum absolute atomic E-state index is 13.0. The van der Waals surface area contributed by atoms with Crippen molar-refractivity contribution in [3.8, 4) is 0 Å². The van der Waals surface area contributed by atoms with E-state index in [1.54, 1.807) is 17.0 Å². The summed E-state index contributed by atoms with van der Waals surface area (Å²) in [7, 11) is 0. The van der Waals surface area contributed by atoms with Crippen molar-refractivity contribution in [3.05, 3.63) is 70.7 Å². The molecule has 0 unspecified atom stereocenters. The number of carbonyl (C=O) groups excluding carboxylic acids is 2. The molecule has 2 aromatic carbocycles. The highest BCUT2D eigenvalue weighted by atomic mass is 35.5. The van der Waals surface area contributed by atoms with Crippen molar-refractivity contribution in [2.24, 2.45) is 0 Å². The Morgan fingerprint density at radius 3 is 2.26 bits per heavy atom. The van der Waals surface area contributed by atoms with Crippen LogP contribution in [-0.2, 0) is 22.6 Å². The van der Waals surface area contributed by atoms with Crippen molar-refractivity contribution in [1.29, 1.82) is 0 Å². The molecule has 0 fully saturated rings. The van der Waals surface area contributed by atoms with E-state index in [1.165, 1.54) is 0 Å². The number of amides is 2. The molecule has 0 aliphatic carbocycles. The van der Waals surface area contributed by atoms with Gasteiger partial charge in [0.15, 0.2) is 0 Å². The Hall–Kier alpha value is -2.33. The highest BCUT2D eigenvalue weighted by Gasteiger charge is 2.28. The summed E-state index contributed by atoms with van der Waals surface area (Å²) in [5.41, 5.74) is 2.07. The van der Waals surface area contributed by atoms with Gasteiger partial charge in [0.2, 0.25) is 11.8 Å². The van der Waals surface area contributed by atoms with Crippen LogP contribution in [0.2, 0.25) is 5.02 Å². The van der Waals surface area contributed by atoms with Gasteiger partial charge in [0.05, 0.1) is 0 Å². The van der Waals surface area contributed by atoms with Gasteiger partial charge in [-0.05, 0) is 43.0 Å². The van der Waals surface area contributed by atoms with Crippen molar-refractivity contribution in [2.75, 3.05) is 6.54 Å². The van der Waals surface area contributed by atoms with E-state index >= 15 is 0 Å². The Morgan fingerprint density at radius 2 is 1.67 bits per heavy atom. The second kappa shape index (κ2) is 10.7. The molecule has 144 valence electrons. The fraction of sp³-hybridized carbons (Fsp3) is 0.364. The standard InChI is InChI=1S/C22H27ClN2O2/c1-3-20(22(27)24-4-2)25(16-18-10-13-19(23)14-11-18)21(26)15-12-17-8-6-5-7-9-17/h5-11,13-14,20H,3-4,12,15-16H2,1-2H3,(H,24,27)/t20-/m0/s1. The van der Waals surface area contributed by atoms with Crippen molar-refractivity contribution in [3.63, 3.8) is 0 Å². The Kier molecular flexibility index (Phi) is 8.34. The molecule has 2 rings (SSSR count). The van der Waals surface area contributed by atoms with E-state index in [4.69, 9.17) is 11.6 Å². The number of halogens is 1. The molecule has 0 saturated carbocycles. The first kappa shape index (κ1) is 21.0. The predicted octanol–water partition coefficient (Wildman–Crippen LogP) is 4.22. The van der Waals surface area contributed by atoms with Gasteiger partial charge in [-0.2, -0.15) is 0 Å². The van der Waals surface area contributed by atoms with Gasteiger partial charge in [-0.3, -0.25) is 9.59 Å². The average Bonchev–Trinajstić information content (AvgIpc) is 2.68. The van der Waals surface area contributed by atoms with Gasteiger partial charge in [0.25, 0.3) is 0 Å². The van der Waals surface area contributed by atoms with Crippen LogP contribution in [0.1, 0.15) is 37.8 Å². The second-order valence-electron chi connectivity index (χ2n) is 6.45. The number of benzene rings is 2.